The van der Waals surface area contributed by atoms with Crippen molar-refractivity contribution in [3.05, 3.63) is 198 Å². The summed E-state index contributed by atoms with van der Waals surface area (Å²) < 4.78 is 2.64. The molecule has 0 spiro atoms. The van der Waals surface area contributed by atoms with Crippen molar-refractivity contribution in [1.82, 2.24) is 0 Å². The molecule has 0 radical (unpaired) electrons. The van der Waals surface area contributed by atoms with Gasteiger partial charge in [0.1, 0.15) is 0 Å². The van der Waals surface area contributed by atoms with Crippen molar-refractivity contribution in [2.75, 3.05) is 4.90 Å². The second-order valence-electron chi connectivity index (χ2n) is 16.5. The molecule has 0 unspecified atom stereocenters. The van der Waals surface area contributed by atoms with Gasteiger partial charge in [-0.15, -0.1) is 11.3 Å². The third-order valence-corrected chi connectivity index (χ3v) is 13.8. The summed E-state index contributed by atoms with van der Waals surface area (Å²) in [6.45, 7) is 9.47. The molecule has 0 atom stereocenters. The van der Waals surface area contributed by atoms with Crippen molar-refractivity contribution >= 4 is 48.6 Å². The Bertz CT molecular complexity index is 3050. The lowest BCUT2D eigenvalue weighted by molar-refractivity contribution is 0.660. The van der Waals surface area contributed by atoms with E-state index in [9.17, 15) is 0 Å². The summed E-state index contributed by atoms with van der Waals surface area (Å²) in [6.07, 6.45) is 0. The highest BCUT2D eigenvalue weighted by molar-refractivity contribution is 7.25. The molecule has 56 heavy (non-hydrogen) atoms. The van der Waals surface area contributed by atoms with Crippen LogP contribution in [-0.2, 0) is 10.8 Å². The Labute approximate surface area is 333 Å². The van der Waals surface area contributed by atoms with Gasteiger partial charge in [-0.25, -0.2) is 0 Å². The van der Waals surface area contributed by atoms with Crippen molar-refractivity contribution < 1.29 is 0 Å². The van der Waals surface area contributed by atoms with Gasteiger partial charge >= 0.3 is 0 Å². The number of thiophene rings is 1. The minimum Gasteiger partial charge on any atom is -0.309 e. The van der Waals surface area contributed by atoms with E-state index in [0.29, 0.717) is 0 Å². The van der Waals surface area contributed by atoms with E-state index in [2.05, 4.69) is 209 Å². The van der Waals surface area contributed by atoms with Crippen molar-refractivity contribution in [3.63, 3.8) is 0 Å². The number of nitrogens with zero attached hydrogens (tertiary/aromatic N) is 1. The number of para-hydroxylation sites is 1. The molecule has 9 aromatic rings. The lowest BCUT2D eigenvalue weighted by atomic mass is 9.81. The molecule has 0 saturated carbocycles. The Morgan fingerprint density at radius 3 is 1.82 bits per heavy atom. The Balaban J connectivity index is 1.13. The fourth-order valence-corrected chi connectivity index (χ4v) is 10.9. The van der Waals surface area contributed by atoms with Crippen LogP contribution in [0.25, 0.3) is 64.7 Å². The number of hydrogen-bond donors (Lipinski definition) is 0. The van der Waals surface area contributed by atoms with Crippen LogP contribution in [0.15, 0.2) is 176 Å². The summed E-state index contributed by atoms with van der Waals surface area (Å²) >= 11 is 1.87. The van der Waals surface area contributed by atoms with Crippen molar-refractivity contribution in [1.29, 1.82) is 0 Å². The predicted octanol–water partition coefficient (Wildman–Crippen LogP) is 15.5. The maximum Gasteiger partial charge on any atom is 0.0543 e. The van der Waals surface area contributed by atoms with Gasteiger partial charge in [0.15, 0.2) is 0 Å². The van der Waals surface area contributed by atoms with E-state index in [1.54, 1.807) is 0 Å². The number of anilines is 3. The molecule has 0 bridgehead atoms. The maximum absolute atomic E-state index is 2.53. The summed E-state index contributed by atoms with van der Waals surface area (Å²) in [5, 5.41) is 2.63. The van der Waals surface area contributed by atoms with Gasteiger partial charge in [0.2, 0.25) is 0 Å². The molecule has 0 aliphatic heterocycles. The van der Waals surface area contributed by atoms with Gasteiger partial charge < -0.3 is 4.90 Å². The van der Waals surface area contributed by atoms with Crippen molar-refractivity contribution in [2.24, 2.45) is 0 Å². The standard InChI is InChI=1S/C54H41NS/c1-53(2)45-22-10-6-20-42(45)52-46(53)23-14-25-49(52)55(48-24-11-7-17-38(48)36-28-30-51-43(32-36)41-19-8-12-26-50(41)56-51)37-16-13-15-34(31-37)35-27-29-40-39-18-5-9-21-44(39)54(3,4)47(40)33-35/h5-33H,1-4H3. The number of benzene rings is 8. The molecule has 8 aromatic carbocycles. The number of rotatable bonds is 5. The topological polar surface area (TPSA) is 3.24 Å². The zero-order valence-electron chi connectivity index (χ0n) is 32.1. The van der Waals surface area contributed by atoms with E-state index >= 15 is 0 Å². The first-order valence-electron chi connectivity index (χ1n) is 19.7. The van der Waals surface area contributed by atoms with Gasteiger partial charge in [-0.1, -0.05) is 155 Å². The second-order valence-corrected chi connectivity index (χ2v) is 17.6. The molecule has 1 heterocycles. The summed E-state index contributed by atoms with van der Waals surface area (Å²) in [7, 11) is 0. The van der Waals surface area contributed by atoms with Crippen LogP contribution < -0.4 is 4.90 Å². The number of fused-ring (bicyclic) bond motifs is 9. The smallest absolute Gasteiger partial charge is 0.0543 e. The summed E-state index contributed by atoms with van der Waals surface area (Å²) in [5.74, 6) is 0. The molecular formula is C54H41NS. The lowest BCUT2D eigenvalue weighted by Crippen LogP contribution is -2.16. The minimum absolute atomic E-state index is 0.0653. The molecule has 1 nitrogen and oxygen atoms in total. The molecule has 1 aromatic heterocycles. The van der Waals surface area contributed by atoms with E-state index in [0.717, 1.165) is 11.4 Å². The summed E-state index contributed by atoms with van der Waals surface area (Å²) in [4.78, 5) is 2.53. The third-order valence-electron chi connectivity index (χ3n) is 12.7. The zero-order chi connectivity index (χ0) is 37.8. The van der Waals surface area contributed by atoms with Gasteiger partial charge in [0.25, 0.3) is 0 Å². The zero-order valence-corrected chi connectivity index (χ0v) is 32.9. The number of hydrogen-bond acceptors (Lipinski definition) is 2. The molecule has 0 fully saturated rings. The van der Waals surface area contributed by atoms with Crippen LogP contribution in [-0.4, -0.2) is 0 Å². The van der Waals surface area contributed by atoms with E-state index in [1.807, 2.05) is 11.3 Å². The first-order chi connectivity index (χ1) is 27.3. The Morgan fingerprint density at radius 2 is 0.964 bits per heavy atom. The molecule has 2 heteroatoms. The minimum atomic E-state index is -0.116. The molecule has 0 N–H and O–H groups in total. The van der Waals surface area contributed by atoms with Gasteiger partial charge in [-0.3, -0.25) is 0 Å². The Kier molecular flexibility index (Phi) is 7.18. The van der Waals surface area contributed by atoms with Crippen LogP contribution in [0.1, 0.15) is 49.9 Å². The first-order valence-corrected chi connectivity index (χ1v) is 20.5. The third kappa shape index (κ3) is 4.79. The van der Waals surface area contributed by atoms with Gasteiger partial charge in [-0.05, 0) is 104 Å². The van der Waals surface area contributed by atoms with E-state index in [4.69, 9.17) is 0 Å². The van der Waals surface area contributed by atoms with Crippen LogP contribution in [0.5, 0.6) is 0 Å². The quantitative estimate of drug-likeness (QED) is 0.170. The highest BCUT2D eigenvalue weighted by Gasteiger charge is 2.38. The maximum atomic E-state index is 2.53. The molecule has 11 rings (SSSR count). The predicted molar refractivity (Wildman–Crippen MR) is 240 cm³/mol. The molecule has 2 aliphatic carbocycles. The lowest BCUT2D eigenvalue weighted by Gasteiger charge is -2.31. The fraction of sp³-hybridized carbons (Fsp3) is 0.111. The average Bonchev–Trinajstić information content (AvgIpc) is 3.81. The van der Waals surface area contributed by atoms with E-state index < -0.39 is 0 Å². The van der Waals surface area contributed by atoms with Crippen LogP contribution in [0.4, 0.5) is 17.1 Å². The van der Waals surface area contributed by atoms with Crippen LogP contribution in [0, 0.1) is 0 Å². The normalized spacial score (nSPS) is 14.4. The van der Waals surface area contributed by atoms with E-state index in [-0.39, 0.29) is 10.8 Å². The largest absolute Gasteiger partial charge is 0.309 e. The second kappa shape index (κ2) is 12.1. The van der Waals surface area contributed by atoms with Crippen molar-refractivity contribution in [3.8, 4) is 44.5 Å². The van der Waals surface area contributed by atoms with Gasteiger partial charge in [-0.2, -0.15) is 0 Å². The Hall–Kier alpha value is -6.22. The highest BCUT2D eigenvalue weighted by Crippen LogP contribution is 2.55. The molecule has 2 aliphatic rings. The van der Waals surface area contributed by atoms with Crippen molar-refractivity contribution in [2.45, 2.75) is 38.5 Å². The van der Waals surface area contributed by atoms with Crippen LogP contribution in [0.2, 0.25) is 0 Å². The summed E-state index contributed by atoms with van der Waals surface area (Å²) in [5.41, 5.74) is 19.0. The Morgan fingerprint density at radius 1 is 0.375 bits per heavy atom. The SMILES string of the molecule is CC1(C)c2ccccc2-c2ccc(-c3cccc(N(c4ccccc4-c4ccc5sc6ccccc6c5c4)c4cccc5c4-c4ccccc4C5(C)C)c3)cc21. The summed E-state index contributed by atoms with van der Waals surface area (Å²) in [6, 6.07) is 65.9. The molecule has 0 amide bonds. The fourth-order valence-electron chi connectivity index (χ4n) is 9.84. The molecular weight excluding hydrogens is 695 g/mol. The van der Waals surface area contributed by atoms with Gasteiger partial charge in [0.05, 0.1) is 11.4 Å². The van der Waals surface area contributed by atoms with Crippen LogP contribution >= 0.6 is 11.3 Å². The molecule has 0 saturated heterocycles. The van der Waals surface area contributed by atoms with Crippen LogP contribution in [0.3, 0.4) is 0 Å². The van der Waals surface area contributed by atoms with Gasteiger partial charge in [0, 0.05) is 47.8 Å². The first kappa shape index (κ1) is 33.1. The highest BCUT2D eigenvalue weighted by atomic mass is 32.1. The molecule has 268 valence electrons. The van der Waals surface area contributed by atoms with E-state index in [1.165, 1.54) is 92.6 Å². The average molecular weight is 736 g/mol. The monoisotopic (exact) mass is 735 g/mol.